The number of rotatable bonds is 4. The van der Waals surface area contributed by atoms with Gasteiger partial charge < -0.3 is 9.84 Å². The van der Waals surface area contributed by atoms with Crippen molar-refractivity contribution in [3.63, 3.8) is 0 Å². The molecular weight excluding hydrogens is 248 g/mol. The highest BCUT2D eigenvalue weighted by molar-refractivity contribution is 5.88. The first kappa shape index (κ1) is 12.7. The Hall–Kier alpha value is -2.32. The van der Waals surface area contributed by atoms with Crippen molar-refractivity contribution in [3.05, 3.63) is 78.4 Å². The normalized spacial score (nSPS) is 12.2. The minimum Gasteiger partial charge on any atom is -0.490 e. The maximum atomic E-state index is 10.1. The molecule has 0 radical (unpaired) electrons. The molecule has 3 aromatic carbocycles. The fourth-order valence-electron chi connectivity index (χ4n) is 2.26. The van der Waals surface area contributed by atoms with Crippen molar-refractivity contribution in [1.82, 2.24) is 0 Å². The second-order valence-corrected chi connectivity index (χ2v) is 4.71. The first-order valence-electron chi connectivity index (χ1n) is 6.68. The lowest BCUT2D eigenvalue weighted by Gasteiger charge is -2.14. The highest BCUT2D eigenvalue weighted by Crippen LogP contribution is 2.26. The van der Waals surface area contributed by atoms with Gasteiger partial charge in [0.2, 0.25) is 0 Å². The van der Waals surface area contributed by atoms with Crippen LogP contribution in [0.15, 0.2) is 72.8 Å². The minimum absolute atomic E-state index is 0.248. The lowest BCUT2D eigenvalue weighted by molar-refractivity contribution is 0.109. The molecule has 0 aliphatic rings. The van der Waals surface area contributed by atoms with E-state index in [0.717, 1.165) is 22.1 Å². The number of ether oxygens (including phenoxy) is 1. The summed E-state index contributed by atoms with van der Waals surface area (Å²) in [4.78, 5) is 0. The number of aliphatic hydroxyl groups is 1. The van der Waals surface area contributed by atoms with E-state index in [9.17, 15) is 5.11 Å². The Morgan fingerprint density at radius 1 is 0.800 bits per heavy atom. The van der Waals surface area contributed by atoms with E-state index in [-0.39, 0.29) is 6.61 Å². The smallest absolute Gasteiger partial charge is 0.127 e. The molecule has 0 aliphatic carbocycles. The molecule has 0 fully saturated rings. The average molecular weight is 264 g/mol. The van der Waals surface area contributed by atoms with Gasteiger partial charge in [0, 0.05) is 5.39 Å². The van der Waals surface area contributed by atoms with Crippen LogP contribution in [0.1, 0.15) is 11.7 Å². The molecule has 3 aromatic rings. The van der Waals surface area contributed by atoms with Crippen LogP contribution in [0, 0.1) is 0 Å². The van der Waals surface area contributed by atoms with E-state index >= 15 is 0 Å². The van der Waals surface area contributed by atoms with Crippen LogP contribution >= 0.6 is 0 Å². The van der Waals surface area contributed by atoms with Crippen LogP contribution in [0.25, 0.3) is 10.8 Å². The zero-order chi connectivity index (χ0) is 13.8. The van der Waals surface area contributed by atoms with E-state index in [4.69, 9.17) is 4.74 Å². The summed E-state index contributed by atoms with van der Waals surface area (Å²) >= 11 is 0. The maximum Gasteiger partial charge on any atom is 0.127 e. The molecule has 0 amide bonds. The SMILES string of the molecule is OC(COc1cccc2ccccc12)c1ccccc1. The maximum absolute atomic E-state index is 10.1. The zero-order valence-corrected chi connectivity index (χ0v) is 11.1. The highest BCUT2D eigenvalue weighted by Gasteiger charge is 2.09. The van der Waals surface area contributed by atoms with Crippen molar-refractivity contribution in [2.75, 3.05) is 6.61 Å². The number of hydrogen-bond acceptors (Lipinski definition) is 2. The Balaban J connectivity index is 1.77. The van der Waals surface area contributed by atoms with Crippen LogP contribution in [-0.2, 0) is 0 Å². The van der Waals surface area contributed by atoms with Crippen LogP contribution < -0.4 is 4.74 Å². The van der Waals surface area contributed by atoms with E-state index in [0.29, 0.717) is 0 Å². The summed E-state index contributed by atoms with van der Waals surface area (Å²) in [5, 5.41) is 12.3. The van der Waals surface area contributed by atoms with Crippen LogP contribution in [0.5, 0.6) is 5.75 Å². The molecule has 0 saturated carbocycles. The predicted molar refractivity (Wildman–Crippen MR) is 80.8 cm³/mol. The third-order valence-electron chi connectivity index (χ3n) is 3.33. The molecule has 0 bridgehead atoms. The third kappa shape index (κ3) is 2.65. The second kappa shape index (κ2) is 5.76. The molecular formula is C18H16O2. The quantitative estimate of drug-likeness (QED) is 0.773. The largest absolute Gasteiger partial charge is 0.490 e. The minimum atomic E-state index is -0.616. The van der Waals surface area contributed by atoms with Crippen LogP contribution in [0.4, 0.5) is 0 Å². The zero-order valence-electron chi connectivity index (χ0n) is 11.1. The number of fused-ring (bicyclic) bond motifs is 1. The molecule has 1 atom stereocenters. The van der Waals surface area contributed by atoms with Gasteiger partial charge in [-0.2, -0.15) is 0 Å². The van der Waals surface area contributed by atoms with Crippen LogP contribution in [0.3, 0.4) is 0 Å². The van der Waals surface area contributed by atoms with Gasteiger partial charge in [-0.05, 0) is 17.0 Å². The summed E-state index contributed by atoms with van der Waals surface area (Å²) in [5.74, 6) is 0.804. The Kier molecular flexibility index (Phi) is 3.66. The summed E-state index contributed by atoms with van der Waals surface area (Å²) in [6.07, 6.45) is -0.616. The van der Waals surface area contributed by atoms with E-state index in [1.165, 1.54) is 0 Å². The van der Waals surface area contributed by atoms with E-state index in [1.807, 2.05) is 60.7 Å². The highest BCUT2D eigenvalue weighted by atomic mass is 16.5. The third-order valence-corrected chi connectivity index (χ3v) is 3.33. The van der Waals surface area contributed by atoms with Gasteiger partial charge in [-0.25, -0.2) is 0 Å². The molecule has 2 nitrogen and oxygen atoms in total. The lowest BCUT2D eigenvalue weighted by atomic mass is 10.1. The summed E-state index contributed by atoms with van der Waals surface area (Å²) in [7, 11) is 0. The number of hydrogen-bond donors (Lipinski definition) is 1. The molecule has 2 heteroatoms. The van der Waals surface area contributed by atoms with Crippen molar-refractivity contribution in [1.29, 1.82) is 0 Å². The van der Waals surface area contributed by atoms with Crippen LogP contribution in [0.2, 0.25) is 0 Å². The van der Waals surface area contributed by atoms with Gasteiger partial charge in [-0.15, -0.1) is 0 Å². The molecule has 0 aliphatic heterocycles. The number of aliphatic hydroxyl groups excluding tert-OH is 1. The second-order valence-electron chi connectivity index (χ2n) is 4.71. The molecule has 100 valence electrons. The molecule has 3 rings (SSSR count). The standard InChI is InChI=1S/C18H16O2/c19-17(15-8-2-1-3-9-15)13-20-18-12-6-10-14-7-4-5-11-16(14)18/h1-12,17,19H,13H2. The summed E-state index contributed by atoms with van der Waals surface area (Å²) in [5.41, 5.74) is 0.868. The monoisotopic (exact) mass is 264 g/mol. The summed E-state index contributed by atoms with van der Waals surface area (Å²) in [6.45, 7) is 0.248. The fraction of sp³-hybridized carbons (Fsp3) is 0.111. The molecule has 0 heterocycles. The van der Waals surface area contributed by atoms with Crippen molar-refractivity contribution >= 4 is 10.8 Å². The Morgan fingerprint density at radius 2 is 1.50 bits per heavy atom. The van der Waals surface area contributed by atoms with E-state index in [1.54, 1.807) is 0 Å². The van der Waals surface area contributed by atoms with Crippen molar-refractivity contribution in [3.8, 4) is 5.75 Å². The Morgan fingerprint density at radius 3 is 2.35 bits per heavy atom. The van der Waals surface area contributed by atoms with Gasteiger partial charge in [0.25, 0.3) is 0 Å². The average Bonchev–Trinajstić information content (AvgIpc) is 2.53. The van der Waals surface area contributed by atoms with Gasteiger partial charge >= 0.3 is 0 Å². The van der Waals surface area contributed by atoms with E-state index in [2.05, 4.69) is 12.1 Å². The summed E-state index contributed by atoms with van der Waals surface area (Å²) < 4.78 is 5.79. The van der Waals surface area contributed by atoms with Crippen molar-refractivity contribution < 1.29 is 9.84 Å². The first-order valence-corrected chi connectivity index (χ1v) is 6.68. The summed E-state index contributed by atoms with van der Waals surface area (Å²) in [6, 6.07) is 23.6. The van der Waals surface area contributed by atoms with Gasteiger partial charge in [-0.1, -0.05) is 66.7 Å². The van der Waals surface area contributed by atoms with Crippen LogP contribution in [-0.4, -0.2) is 11.7 Å². The van der Waals surface area contributed by atoms with Gasteiger partial charge in [0.1, 0.15) is 18.5 Å². The molecule has 0 aromatic heterocycles. The van der Waals surface area contributed by atoms with E-state index < -0.39 is 6.10 Å². The first-order chi connectivity index (χ1) is 9.84. The lowest BCUT2D eigenvalue weighted by Crippen LogP contribution is -2.09. The molecule has 0 saturated heterocycles. The topological polar surface area (TPSA) is 29.5 Å². The Bertz CT molecular complexity index is 687. The van der Waals surface area contributed by atoms with Crippen molar-refractivity contribution in [2.45, 2.75) is 6.10 Å². The predicted octanol–water partition coefficient (Wildman–Crippen LogP) is 3.95. The molecule has 20 heavy (non-hydrogen) atoms. The Labute approximate surface area is 118 Å². The molecule has 0 spiro atoms. The van der Waals surface area contributed by atoms with Gasteiger partial charge in [-0.3, -0.25) is 0 Å². The number of benzene rings is 3. The fourth-order valence-corrected chi connectivity index (χ4v) is 2.26. The van der Waals surface area contributed by atoms with Crippen molar-refractivity contribution in [2.24, 2.45) is 0 Å². The molecule has 1 unspecified atom stereocenters. The molecule has 1 N–H and O–H groups in total. The van der Waals surface area contributed by atoms with Gasteiger partial charge in [0.05, 0.1) is 0 Å². The van der Waals surface area contributed by atoms with Gasteiger partial charge in [0.15, 0.2) is 0 Å².